The van der Waals surface area contributed by atoms with Crippen LogP contribution in [0.4, 0.5) is 0 Å². The number of carbonyl (C=O) groups excluding carboxylic acids is 1. The lowest BCUT2D eigenvalue weighted by Crippen LogP contribution is -2.47. The molecule has 1 amide bonds. The first-order valence-electron chi connectivity index (χ1n) is 5.80. The lowest BCUT2D eigenvalue weighted by atomic mass is 9.78. The maximum Gasteiger partial charge on any atom is 0.231 e. The van der Waals surface area contributed by atoms with Crippen LogP contribution in [0.25, 0.3) is 0 Å². The smallest absolute Gasteiger partial charge is 0.231 e. The maximum absolute atomic E-state index is 12.4. The Balaban J connectivity index is 2.23. The van der Waals surface area contributed by atoms with Gasteiger partial charge in [-0.1, -0.05) is 12.1 Å². The second kappa shape index (κ2) is 5.47. The first kappa shape index (κ1) is 12.3. The molecule has 0 aliphatic carbocycles. The fourth-order valence-electron chi connectivity index (χ4n) is 2.19. The number of amides is 1. The first-order valence-corrected chi connectivity index (χ1v) is 6.68. The fraction of sp³-hybridized carbons (Fsp3) is 0.462. The molecule has 1 aromatic rings. The Morgan fingerprint density at radius 3 is 2.94 bits per heavy atom. The molecule has 0 radical (unpaired) electrons. The zero-order valence-electron chi connectivity index (χ0n) is 9.78. The van der Waals surface area contributed by atoms with Gasteiger partial charge in [-0.05, 0) is 24.3 Å². The lowest BCUT2D eigenvalue weighted by Gasteiger charge is -2.34. The van der Waals surface area contributed by atoms with Gasteiger partial charge in [0.1, 0.15) is 0 Å². The summed E-state index contributed by atoms with van der Waals surface area (Å²) >= 11 is 1.65. The number of rotatable bonds is 4. The first-order chi connectivity index (χ1) is 8.29. The average Bonchev–Trinajstić information content (AvgIpc) is 2.91. The number of hydrogen-bond donors (Lipinski definition) is 1. The van der Waals surface area contributed by atoms with Crippen molar-refractivity contribution < 1.29 is 9.53 Å². The van der Waals surface area contributed by atoms with E-state index < -0.39 is 5.41 Å². The van der Waals surface area contributed by atoms with E-state index in [9.17, 15) is 4.79 Å². The molecule has 0 spiro atoms. The molecule has 2 heterocycles. The van der Waals surface area contributed by atoms with E-state index in [1.54, 1.807) is 17.4 Å². The van der Waals surface area contributed by atoms with E-state index in [4.69, 9.17) is 4.74 Å². The Morgan fingerprint density at radius 1 is 1.59 bits per heavy atom. The molecule has 17 heavy (non-hydrogen) atoms. The number of thiophene rings is 1. The van der Waals surface area contributed by atoms with Gasteiger partial charge in [0, 0.05) is 24.6 Å². The molecule has 0 atom stereocenters. The molecular weight excluding hydrogens is 234 g/mol. The van der Waals surface area contributed by atoms with Crippen molar-refractivity contribution in [3.05, 3.63) is 35.0 Å². The zero-order chi connectivity index (χ0) is 12.1. The molecule has 1 aliphatic rings. The van der Waals surface area contributed by atoms with Crippen LogP contribution in [-0.4, -0.2) is 25.7 Å². The van der Waals surface area contributed by atoms with Gasteiger partial charge in [-0.3, -0.25) is 4.79 Å². The van der Waals surface area contributed by atoms with Gasteiger partial charge in [0.15, 0.2) is 0 Å². The van der Waals surface area contributed by atoms with Crippen LogP contribution >= 0.6 is 11.3 Å². The van der Waals surface area contributed by atoms with E-state index in [0.717, 1.165) is 17.7 Å². The summed E-state index contributed by atoms with van der Waals surface area (Å²) in [5, 5.41) is 4.95. The average molecular weight is 251 g/mol. The van der Waals surface area contributed by atoms with Crippen LogP contribution < -0.4 is 5.32 Å². The molecule has 1 N–H and O–H groups in total. The van der Waals surface area contributed by atoms with Crippen molar-refractivity contribution in [1.29, 1.82) is 0 Å². The standard InChI is InChI=1S/C13H17NO2S/c1-2-7-14-12(15)13(5-8-16-9-6-13)11-4-3-10-17-11/h2-4,10H,1,5-9H2,(H,14,15). The zero-order valence-corrected chi connectivity index (χ0v) is 10.6. The predicted molar refractivity (Wildman–Crippen MR) is 69.3 cm³/mol. The van der Waals surface area contributed by atoms with E-state index in [2.05, 4.69) is 11.9 Å². The Labute approximate surface area is 105 Å². The van der Waals surface area contributed by atoms with Gasteiger partial charge in [-0.2, -0.15) is 0 Å². The fourth-order valence-corrected chi connectivity index (χ4v) is 3.17. The Morgan fingerprint density at radius 2 is 2.35 bits per heavy atom. The summed E-state index contributed by atoms with van der Waals surface area (Å²) in [5.74, 6) is 0.100. The summed E-state index contributed by atoms with van der Waals surface area (Å²) in [6, 6.07) is 4.04. The number of ether oxygens (including phenoxy) is 1. The number of nitrogens with one attached hydrogen (secondary N) is 1. The van der Waals surface area contributed by atoms with Crippen LogP contribution in [0.1, 0.15) is 17.7 Å². The molecule has 2 rings (SSSR count). The Kier molecular flexibility index (Phi) is 3.97. The van der Waals surface area contributed by atoms with E-state index in [1.165, 1.54) is 0 Å². The van der Waals surface area contributed by atoms with Gasteiger partial charge in [-0.25, -0.2) is 0 Å². The third-order valence-electron chi connectivity index (χ3n) is 3.18. The van der Waals surface area contributed by atoms with Crippen LogP contribution in [0.3, 0.4) is 0 Å². The van der Waals surface area contributed by atoms with Crippen LogP contribution in [-0.2, 0) is 14.9 Å². The van der Waals surface area contributed by atoms with Gasteiger partial charge in [0.2, 0.25) is 5.91 Å². The minimum atomic E-state index is -0.393. The van der Waals surface area contributed by atoms with Crippen molar-refractivity contribution in [2.75, 3.05) is 19.8 Å². The lowest BCUT2D eigenvalue weighted by molar-refractivity contribution is -0.130. The summed E-state index contributed by atoms with van der Waals surface area (Å²) in [7, 11) is 0. The van der Waals surface area contributed by atoms with Crippen molar-refractivity contribution >= 4 is 17.2 Å². The second-order valence-corrected chi connectivity index (χ2v) is 5.12. The topological polar surface area (TPSA) is 38.3 Å². The highest BCUT2D eigenvalue weighted by Crippen LogP contribution is 2.37. The largest absolute Gasteiger partial charge is 0.381 e. The van der Waals surface area contributed by atoms with Gasteiger partial charge in [-0.15, -0.1) is 17.9 Å². The molecule has 0 saturated carbocycles. The molecule has 1 fully saturated rings. The normalized spacial score (nSPS) is 18.6. The molecule has 0 unspecified atom stereocenters. The highest BCUT2D eigenvalue weighted by atomic mass is 32.1. The summed E-state index contributed by atoms with van der Waals surface area (Å²) in [6.07, 6.45) is 3.23. The van der Waals surface area contributed by atoms with Crippen LogP contribution in [0.5, 0.6) is 0 Å². The number of hydrogen-bond acceptors (Lipinski definition) is 3. The summed E-state index contributed by atoms with van der Waals surface area (Å²) in [4.78, 5) is 13.5. The highest BCUT2D eigenvalue weighted by molar-refractivity contribution is 7.10. The van der Waals surface area contributed by atoms with E-state index in [0.29, 0.717) is 19.8 Å². The molecule has 1 aliphatic heterocycles. The minimum absolute atomic E-state index is 0.100. The van der Waals surface area contributed by atoms with E-state index in [-0.39, 0.29) is 5.91 Å². The van der Waals surface area contributed by atoms with Gasteiger partial charge in [0.05, 0.1) is 5.41 Å². The highest BCUT2D eigenvalue weighted by Gasteiger charge is 2.42. The monoisotopic (exact) mass is 251 g/mol. The quantitative estimate of drug-likeness (QED) is 0.832. The number of carbonyl (C=O) groups is 1. The molecule has 1 aromatic heterocycles. The summed E-state index contributed by atoms with van der Waals surface area (Å²) in [5.41, 5.74) is -0.393. The molecule has 92 valence electrons. The molecule has 0 bridgehead atoms. The SMILES string of the molecule is C=CCNC(=O)C1(c2cccs2)CCOCC1. The second-order valence-electron chi connectivity index (χ2n) is 4.17. The summed E-state index contributed by atoms with van der Waals surface area (Å²) < 4.78 is 5.38. The molecule has 1 saturated heterocycles. The summed E-state index contributed by atoms with van der Waals surface area (Å²) in [6.45, 7) is 5.45. The Hall–Kier alpha value is -1.13. The minimum Gasteiger partial charge on any atom is -0.381 e. The van der Waals surface area contributed by atoms with Crippen LogP contribution in [0.2, 0.25) is 0 Å². The third-order valence-corrected chi connectivity index (χ3v) is 4.25. The van der Waals surface area contributed by atoms with Crippen LogP contribution in [0, 0.1) is 0 Å². The predicted octanol–water partition coefficient (Wildman–Crippen LogP) is 2.10. The van der Waals surface area contributed by atoms with E-state index in [1.807, 2.05) is 17.5 Å². The molecule has 0 aromatic carbocycles. The van der Waals surface area contributed by atoms with Gasteiger partial charge >= 0.3 is 0 Å². The van der Waals surface area contributed by atoms with Crippen molar-refractivity contribution in [1.82, 2.24) is 5.32 Å². The maximum atomic E-state index is 12.4. The van der Waals surface area contributed by atoms with Gasteiger partial charge < -0.3 is 10.1 Å². The van der Waals surface area contributed by atoms with Crippen molar-refractivity contribution in [2.24, 2.45) is 0 Å². The van der Waals surface area contributed by atoms with E-state index >= 15 is 0 Å². The van der Waals surface area contributed by atoms with Gasteiger partial charge in [0.25, 0.3) is 0 Å². The van der Waals surface area contributed by atoms with Crippen LogP contribution in [0.15, 0.2) is 30.2 Å². The third kappa shape index (κ3) is 2.42. The molecule has 4 heteroatoms. The molecular formula is C13H17NO2S. The van der Waals surface area contributed by atoms with Crippen molar-refractivity contribution in [2.45, 2.75) is 18.3 Å². The van der Waals surface area contributed by atoms with Crippen molar-refractivity contribution in [3.63, 3.8) is 0 Å². The Bertz CT molecular complexity index is 380. The van der Waals surface area contributed by atoms with Crippen molar-refractivity contribution in [3.8, 4) is 0 Å². The molecule has 3 nitrogen and oxygen atoms in total.